The number of aldehydes is 1. The summed E-state index contributed by atoms with van der Waals surface area (Å²) < 4.78 is 4.81. The van der Waals surface area contributed by atoms with E-state index >= 15 is 0 Å². The highest BCUT2D eigenvalue weighted by atomic mass is 32.2. The molecule has 0 aliphatic rings. The van der Waals surface area contributed by atoms with Gasteiger partial charge in [0.15, 0.2) is 0 Å². The number of benzene rings is 2. The first-order chi connectivity index (χ1) is 9.85. The molecule has 0 saturated heterocycles. The van der Waals surface area contributed by atoms with Gasteiger partial charge in [0.1, 0.15) is 6.29 Å². The summed E-state index contributed by atoms with van der Waals surface area (Å²) in [6.45, 7) is 0. The van der Waals surface area contributed by atoms with Crippen molar-refractivity contribution in [2.24, 2.45) is 0 Å². The summed E-state index contributed by atoms with van der Waals surface area (Å²) in [6, 6.07) is 18.0. The van der Waals surface area contributed by atoms with E-state index in [4.69, 9.17) is 4.33 Å². The Bertz CT molecular complexity index is 525. The lowest BCUT2D eigenvalue weighted by atomic mass is 9.89. The quantitative estimate of drug-likeness (QED) is 0.334. The molecule has 0 unspecified atom stereocenters. The van der Waals surface area contributed by atoms with Crippen molar-refractivity contribution in [1.82, 2.24) is 0 Å². The topological polar surface area (TPSA) is 35.5 Å². The number of rotatable bonds is 7. The summed E-state index contributed by atoms with van der Waals surface area (Å²) in [4.78, 5) is 16.4. The molecule has 0 aliphatic heterocycles. The molecule has 0 fully saturated rings. The Balaban J connectivity index is 2.19. The fraction of sp³-hybridized carbons (Fsp3) is 0.188. The van der Waals surface area contributed by atoms with E-state index in [0.29, 0.717) is 6.42 Å². The predicted octanol–water partition coefficient (Wildman–Crippen LogP) is 3.99. The van der Waals surface area contributed by atoms with Gasteiger partial charge in [-0.25, -0.2) is 4.89 Å². The molecule has 0 N–H and O–H groups in total. The molecule has 3 nitrogen and oxygen atoms in total. The molecule has 104 valence electrons. The van der Waals surface area contributed by atoms with Gasteiger partial charge in [-0.15, -0.1) is 0 Å². The van der Waals surface area contributed by atoms with Crippen LogP contribution in [0.25, 0.3) is 0 Å². The van der Waals surface area contributed by atoms with Crippen LogP contribution in [0.4, 0.5) is 0 Å². The third-order valence-corrected chi connectivity index (χ3v) is 3.68. The normalized spacial score (nSPS) is 12.1. The molecule has 2 aromatic carbocycles. The molecule has 0 bridgehead atoms. The van der Waals surface area contributed by atoms with Crippen molar-refractivity contribution in [3.8, 4) is 0 Å². The van der Waals surface area contributed by atoms with Crippen molar-refractivity contribution in [2.75, 3.05) is 7.11 Å². The first-order valence-corrected chi connectivity index (χ1v) is 7.05. The van der Waals surface area contributed by atoms with Crippen LogP contribution in [0.5, 0.6) is 0 Å². The summed E-state index contributed by atoms with van der Waals surface area (Å²) >= 11 is 1.16. The Morgan fingerprint density at radius 2 is 1.70 bits per heavy atom. The molecule has 0 radical (unpaired) electrons. The van der Waals surface area contributed by atoms with Crippen LogP contribution in [-0.2, 0) is 14.0 Å². The molecule has 20 heavy (non-hydrogen) atoms. The van der Waals surface area contributed by atoms with Gasteiger partial charge in [0, 0.05) is 17.2 Å². The van der Waals surface area contributed by atoms with Crippen LogP contribution in [0.1, 0.15) is 23.5 Å². The third kappa shape index (κ3) is 3.93. The lowest BCUT2D eigenvalue weighted by Gasteiger charge is -2.15. The van der Waals surface area contributed by atoms with Crippen LogP contribution in [0.3, 0.4) is 0 Å². The van der Waals surface area contributed by atoms with Gasteiger partial charge in [0.25, 0.3) is 0 Å². The third-order valence-electron chi connectivity index (χ3n) is 3.01. The molecule has 2 aromatic rings. The second-order valence-corrected chi connectivity index (χ2v) is 5.03. The van der Waals surface area contributed by atoms with Crippen molar-refractivity contribution in [1.29, 1.82) is 0 Å². The lowest BCUT2D eigenvalue weighted by molar-refractivity contribution is -0.160. The number of carbonyl (C=O) groups is 1. The molecule has 0 amide bonds. The Labute approximate surface area is 123 Å². The number of hydrogen-bond donors (Lipinski definition) is 0. The molecule has 0 saturated carbocycles. The predicted molar refractivity (Wildman–Crippen MR) is 79.4 cm³/mol. The van der Waals surface area contributed by atoms with Gasteiger partial charge in [0.05, 0.1) is 19.2 Å². The fourth-order valence-corrected chi connectivity index (χ4v) is 2.47. The molecule has 2 rings (SSSR count). The molecule has 0 aliphatic carbocycles. The maximum absolute atomic E-state index is 10.9. The average Bonchev–Trinajstić information content (AvgIpc) is 2.52. The SMILES string of the molecule is COOSc1ccc([C@@H](CC=O)c2ccccc2)cc1. The molecular weight excluding hydrogens is 272 g/mol. The Kier molecular flexibility index (Phi) is 5.80. The van der Waals surface area contributed by atoms with E-state index in [1.807, 2.05) is 54.6 Å². The van der Waals surface area contributed by atoms with Crippen molar-refractivity contribution < 1.29 is 14.0 Å². The van der Waals surface area contributed by atoms with Crippen LogP contribution < -0.4 is 0 Å². The maximum Gasteiger partial charge on any atom is 0.120 e. The fourth-order valence-electron chi connectivity index (χ4n) is 2.08. The Morgan fingerprint density at radius 1 is 1.05 bits per heavy atom. The minimum atomic E-state index is 0.0936. The summed E-state index contributed by atoms with van der Waals surface area (Å²) in [6.07, 6.45) is 1.44. The zero-order chi connectivity index (χ0) is 14.2. The van der Waals surface area contributed by atoms with Gasteiger partial charge in [-0.3, -0.25) is 0 Å². The minimum absolute atomic E-state index is 0.0936. The highest BCUT2D eigenvalue weighted by Crippen LogP contribution is 2.29. The van der Waals surface area contributed by atoms with E-state index in [9.17, 15) is 4.79 Å². The standard InChI is InChI=1S/C16H16O3S/c1-18-19-20-15-9-7-14(8-10-15)16(11-12-17)13-5-3-2-4-6-13/h2-10,12,16H,11H2,1H3/t16-/m0/s1. The summed E-state index contributed by atoms with van der Waals surface area (Å²) in [5.41, 5.74) is 2.26. The molecule has 0 heterocycles. The van der Waals surface area contributed by atoms with Gasteiger partial charge in [-0.1, -0.05) is 42.5 Å². The maximum atomic E-state index is 10.9. The smallest absolute Gasteiger partial charge is 0.120 e. The highest BCUT2D eigenvalue weighted by Gasteiger charge is 2.13. The van der Waals surface area contributed by atoms with E-state index in [1.54, 1.807) is 0 Å². The van der Waals surface area contributed by atoms with E-state index in [1.165, 1.54) is 7.11 Å². The first-order valence-electron chi connectivity index (χ1n) is 6.31. The summed E-state index contributed by atoms with van der Waals surface area (Å²) in [5, 5.41) is 0. The largest absolute Gasteiger partial charge is 0.303 e. The summed E-state index contributed by atoms with van der Waals surface area (Å²) in [7, 11) is 1.47. The highest BCUT2D eigenvalue weighted by molar-refractivity contribution is 7.94. The van der Waals surface area contributed by atoms with Crippen LogP contribution >= 0.6 is 12.0 Å². The monoisotopic (exact) mass is 288 g/mol. The molecule has 1 atom stereocenters. The molecular formula is C16H16O3S. The second-order valence-electron chi connectivity index (χ2n) is 4.25. The van der Waals surface area contributed by atoms with Crippen molar-refractivity contribution >= 4 is 18.3 Å². The zero-order valence-corrected chi connectivity index (χ0v) is 12.0. The van der Waals surface area contributed by atoms with E-state index in [2.05, 4.69) is 4.89 Å². The number of hydrogen-bond acceptors (Lipinski definition) is 4. The van der Waals surface area contributed by atoms with E-state index in [-0.39, 0.29) is 5.92 Å². The van der Waals surface area contributed by atoms with Gasteiger partial charge in [-0.05, 0) is 23.3 Å². The number of carbonyl (C=O) groups excluding carboxylic acids is 1. The van der Waals surface area contributed by atoms with Gasteiger partial charge < -0.3 is 4.79 Å². The Morgan fingerprint density at radius 3 is 2.30 bits per heavy atom. The molecule has 0 aromatic heterocycles. The summed E-state index contributed by atoms with van der Waals surface area (Å²) in [5.74, 6) is 0.0936. The molecule has 0 spiro atoms. The lowest BCUT2D eigenvalue weighted by Crippen LogP contribution is -2.01. The Hall–Kier alpha value is -1.62. The van der Waals surface area contributed by atoms with Crippen LogP contribution in [-0.4, -0.2) is 13.4 Å². The van der Waals surface area contributed by atoms with Gasteiger partial charge in [-0.2, -0.15) is 4.33 Å². The van der Waals surface area contributed by atoms with Crippen LogP contribution in [0.2, 0.25) is 0 Å². The average molecular weight is 288 g/mol. The van der Waals surface area contributed by atoms with Crippen LogP contribution in [0, 0.1) is 0 Å². The van der Waals surface area contributed by atoms with Crippen molar-refractivity contribution in [3.63, 3.8) is 0 Å². The van der Waals surface area contributed by atoms with Gasteiger partial charge >= 0.3 is 0 Å². The van der Waals surface area contributed by atoms with E-state index < -0.39 is 0 Å². The van der Waals surface area contributed by atoms with Gasteiger partial charge in [0.2, 0.25) is 0 Å². The minimum Gasteiger partial charge on any atom is -0.303 e. The molecule has 4 heteroatoms. The first kappa shape index (κ1) is 14.8. The van der Waals surface area contributed by atoms with E-state index in [0.717, 1.165) is 34.4 Å². The zero-order valence-electron chi connectivity index (χ0n) is 11.2. The van der Waals surface area contributed by atoms with Crippen molar-refractivity contribution in [3.05, 3.63) is 65.7 Å². The van der Waals surface area contributed by atoms with Crippen molar-refractivity contribution in [2.45, 2.75) is 17.2 Å². The van der Waals surface area contributed by atoms with Crippen LogP contribution in [0.15, 0.2) is 59.5 Å². The second kappa shape index (κ2) is 7.85.